The van der Waals surface area contributed by atoms with Crippen molar-refractivity contribution in [2.45, 2.75) is 33.7 Å². The Balaban J connectivity index is 2.92. The third-order valence-electron chi connectivity index (χ3n) is 3.60. The predicted molar refractivity (Wildman–Crippen MR) is 90.1 cm³/mol. The van der Waals surface area contributed by atoms with Gasteiger partial charge in [0, 0.05) is 36.9 Å². The zero-order chi connectivity index (χ0) is 16.0. The van der Waals surface area contributed by atoms with E-state index in [1.807, 2.05) is 51.0 Å². The zero-order valence-electron chi connectivity index (χ0n) is 14.2. The summed E-state index contributed by atoms with van der Waals surface area (Å²) in [5.41, 5.74) is 2.97. The topological polar surface area (TPSA) is 35.6 Å². The Morgan fingerprint density at radius 1 is 1.29 bits per heavy atom. The molecule has 4 nitrogen and oxygen atoms in total. The fourth-order valence-electron chi connectivity index (χ4n) is 2.63. The Labute approximate surface area is 129 Å². The lowest BCUT2D eigenvalue weighted by Gasteiger charge is -2.30. The van der Waals surface area contributed by atoms with Crippen LogP contribution in [0.25, 0.3) is 0 Å². The van der Waals surface area contributed by atoms with Gasteiger partial charge in [-0.25, -0.2) is 0 Å². The van der Waals surface area contributed by atoms with Crippen LogP contribution >= 0.6 is 0 Å². The van der Waals surface area contributed by atoms with Crippen LogP contribution in [0.15, 0.2) is 18.2 Å². The first-order valence-corrected chi connectivity index (χ1v) is 7.70. The number of hydrogen-bond acceptors (Lipinski definition) is 3. The van der Waals surface area contributed by atoms with E-state index in [2.05, 4.69) is 24.1 Å². The molecule has 1 unspecified atom stereocenters. The molecule has 0 spiro atoms. The Morgan fingerprint density at radius 2 is 1.95 bits per heavy atom. The van der Waals surface area contributed by atoms with Crippen LogP contribution in [0.3, 0.4) is 0 Å². The quantitative estimate of drug-likeness (QED) is 0.839. The van der Waals surface area contributed by atoms with Gasteiger partial charge in [0.2, 0.25) is 0 Å². The van der Waals surface area contributed by atoms with Crippen LogP contribution in [0.1, 0.15) is 36.7 Å². The normalized spacial score (nSPS) is 12.3. The average Bonchev–Trinajstić information content (AvgIpc) is 2.41. The lowest BCUT2D eigenvalue weighted by atomic mass is 10.1. The Hall–Kier alpha value is -1.55. The standard InChI is InChI=1S/C17H29N3O/c1-7-18-16-10-9-15(11-13(16)3)17(21)20(8-2)14(4)12-19(5)6/h9-11,14,18H,7-8,12H2,1-6H3. The molecule has 21 heavy (non-hydrogen) atoms. The Bertz CT molecular complexity index is 471. The summed E-state index contributed by atoms with van der Waals surface area (Å²) >= 11 is 0. The first kappa shape index (κ1) is 17.5. The minimum Gasteiger partial charge on any atom is -0.385 e. The van der Waals surface area contributed by atoms with E-state index < -0.39 is 0 Å². The molecule has 0 fully saturated rings. The third kappa shape index (κ3) is 4.74. The lowest BCUT2D eigenvalue weighted by Crippen LogP contribution is -2.43. The summed E-state index contributed by atoms with van der Waals surface area (Å²) in [6, 6.07) is 6.09. The van der Waals surface area contributed by atoms with Gasteiger partial charge in [-0.15, -0.1) is 0 Å². The molecule has 0 saturated heterocycles. The Kier molecular flexibility index (Phi) is 6.69. The molecule has 4 heteroatoms. The molecular formula is C17H29N3O. The van der Waals surface area contributed by atoms with Crippen molar-refractivity contribution in [3.63, 3.8) is 0 Å². The molecule has 1 aromatic rings. The van der Waals surface area contributed by atoms with E-state index in [0.29, 0.717) is 0 Å². The van der Waals surface area contributed by atoms with Crippen LogP contribution in [0.2, 0.25) is 0 Å². The molecule has 0 aliphatic carbocycles. The van der Waals surface area contributed by atoms with Crippen molar-refractivity contribution in [3.05, 3.63) is 29.3 Å². The molecule has 0 heterocycles. The van der Waals surface area contributed by atoms with Crippen LogP contribution < -0.4 is 5.32 Å². The molecule has 0 aliphatic rings. The fraction of sp³-hybridized carbons (Fsp3) is 0.588. The van der Waals surface area contributed by atoms with Gasteiger partial charge in [0.15, 0.2) is 0 Å². The molecule has 1 aromatic carbocycles. The number of carbonyl (C=O) groups is 1. The number of nitrogens with one attached hydrogen (secondary N) is 1. The summed E-state index contributed by atoms with van der Waals surface area (Å²) in [4.78, 5) is 16.8. The van der Waals surface area contributed by atoms with Gasteiger partial charge in [-0.05, 0) is 65.6 Å². The van der Waals surface area contributed by atoms with Crippen LogP contribution in [0, 0.1) is 6.92 Å². The molecule has 0 radical (unpaired) electrons. The number of amides is 1. The monoisotopic (exact) mass is 291 g/mol. The highest BCUT2D eigenvalue weighted by Gasteiger charge is 2.20. The molecule has 1 amide bonds. The Morgan fingerprint density at radius 3 is 2.43 bits per heavy atom. The van der Waals surface area contributed by atoms with Gasteiger partial charge in [0.05, 0.1) is 0 Å². The van der Waals surface area contributed by atoms with Crippen molar-refractivity contribution in [1.29, 1.82) is 0 Å². The third-order valence-corrected chi connectivity index (χ3v) is 3.60. The van der Waals surface area contributed by atoms with Gasteiger partial charge in [-0.3, -0.25) is 4.79 Å². The number of nitrogens with zero attached hydrogens (tertiary/aromatic N) is 2. The summed E-state index contributed by atoms with van der Waals surface area (Å²) in [7, 11) is 4.06. The van der Waals surface area contributed by atoms with Crippen LogP contribution in [0.4, 0.5) is 5.69 Å². The molecule has 1 atom stereocenters. The number of likely N-dealkylation sites (N-methyl/N-ethyl adjacent to an activating group) is 2. The van der Waals surface area contributed by atoms with Crippen LogP contribution in [0.5, 0.6) is 0 Å². The second kappa shape index (κ2) is 8.03. The molecule has 118 valence electrons. The maximum absolute atomic E-state index is 12.7. The van der Waals surface area contributed by atoms with E-state index in [-0.39, 0.29) is 11.9 Å². The van der Waals surface area contributed by atoms with E-state index in [1.165, 1.54) is 0 Å². The highest BCUT2D eigenvalue weighted by molar-refractivity contribution is 5.95. The van der Waals surface area contributed by atoms with Crippen molar-refractivity contribution in [2.75, 3.05) is 39.0 Å². The summed E-state index contributed by atoms with van der Waals surface area (Å²) < 4.78 is 0. The average molecular weight is 291 g/mol. The number of aryl methyl sites for hydroxylation is 1. The van der Waals surface area contributed by atoms with Gasteiger partial charge in [0.1, 0.15) is 0 Å². The molecular weight excluding hydrogens is 262 g/mol. The highest BCUT2D eigenvalue weighted by atomic mass is 16.2. The van der Waals surface area contributed by atoms with Gasteiger partial charge in [0.25, 0.3) is 5.91 Å². The number of carbonyl (C=O) groups excluding carboxylic acids is 1. The van der Waals surface area contributed by atoms with Gasteiger partial charge >= 0.3 is 0 Å². The van der Waals surface area contributed by atoms with Crippen LogP contribution in [-0.4, -0.2) is 55.5 Å². The number of rotatable bonds is 7. The first-order valence-electron chi connectivity index (χ1n) is 7.70. The minimum absolute atomic E-state index is 0.109. The highest BCUT2D eigenvalue weighted by Crippen LogP contribution is 2.18. The number of anilines is 1. The summed E-state index contributed by atoms with van der Waals surface area (Å²) in [5.74, 6) is 0.109. The van der Waals surface area contributed by atoms with Gasteiger partial charge in [-0.1, -0.05) is 0 Å². The summed E-state index contributed by atoms with van der Waals surface area (Å²) in [6.45, 7) is 10.7. The van der Waals surface area contributed by atoms with Crippen LogP contribution in [-0.2, 0) is 0 Å². The predicted octanol–water partition coefficient (Wildman–Crippen LogP) is 2.84. The SMILES string of the molecule is CCNc1ccc(C(=O)N(CC)C(C)CN(C)C)cc1C. The van der Waals surface area contributed by atoms with Crippen molar-refractivity contribution in [3.8, 4) is 0 Å². The summed E-state index contributed by atoms with van der Waals surface area (Å²) in [6.07, 6.45) is 0. The van der Waals surface area contributed by atoms with Gasteiger partial charge in [-0.2, -0.15) is 0 Å². The van der Waals surface area contributed by atoms with Crippen molar-refractivity contribution < 1.29 is 4.79 Å². The summed E-state index contributed by atoms with van der Waals surface area (Å²) in [5, 5.41) is 3.30. The largest absolute Gasteiger partial charge is 0.385 e. The molecule has 1 rings (SSSR count). The van der Waals surface area contributed by atoms with E-state index in [1.54, 1.807) is 0 Å². The molecule has 0 aromatic heterocycles. The zero-order valence-corrected chi connectivity index (χ0v) is 14.2. The van der Waals surface area contributed by atoms with Crippen molar-refractivity contribution in [2.24, 2.45) is 0 Å². The maximum atomic E-state index is 12.7. The van der Waals surface area contributed by atoms with Crippen molar-refractivity contribution in [1.82, 2.24) is 9.80 Å². The first-order chi connectivity index (χ1) is 9.90. The van der Waals surface area contributed by atoms with E-state index in [9.17, 15) is 4.79 Å². The van der Waals surface area contributed by atoms with Crippen molar-refractivity contribution >= 4 is 11.6 Å². The molecule has 0 saturated carbocycles. The minimum atomic E-state index is 0.109. The second-order valence-electron chi connectivity index (χ2n) is 5.76. The molecule has 1 N–H and O–H groups in total. The fourth-order valence-corrected chi connectivity index (χ4v) is 2.63. The van der Waals surface area contributed by atoms with Gasteiger partial charge < -0.3 is 15.1 Å². The maximum Gasteiger partial charge on any atom is 0.254 e. The number of hydrogen-bond donors (Lipinski definition) is 1. The van der Waals surface area contributed by atoms with E-state index in [4.69, 9.17) is 0 Å². The smallest absolute Gasteiger partial charge is 0.254 e. The van der Waals surface area contributed by atoms with E-state index in [0.717, 1.165) is 36.4 Å². The molecule has 0 aliphatic heterocycles. The van der Waals surface area contributed by atoms with E-state index >= 15 is 0 Å². The molecule has 0 bridgehead atoms. The number of benzene rings is 1. The second-order valence-corrected chi connectivity index (χ2v) is 5.76. The lowest BCUT2D eigenvalue weighted by molar-refractivity contribution is 0.0679.